The highest BCUT2D eigenvalue weighted by molar-refractivity contribution is 6.12. The molecule has 0 aromatic heterocycles. The molecule has 0 unspecified atom stereocenters. The molecule has 0 spiro atoms. The molecule has 0 fully saturated rings. The van der Waals surface area contributed by atoms with Gasteiger partial charge in [0, 0.05) is 5.69 Å². The Morgan fingerprint density at radius 1 is 1.16 bits per heavy atom. The molecule has 2 aromatic rings. The second-order valence-electron chi connectivity index (χ2n) is 5.52. The molecule has 1 aliphatic heterocycles. The number of fused-ring (bicyclic) bond motifs is 1. The summed E-state index contributed by atoms with van der Waals surface area (Å²) in [6, 6.07) is 13.8. The number of hydrogen-bond acceptors (Lipinski definition) is 3. The highest BCUT2D eigenvalue weighted by Crippen LogP contribution is 2.29. The van der Waals surface area contributed by atoms with E-state index in [0.29, 0.717) is 22.8 Å². The van der Waals surface area contributed by atoms with Gasteiger partial charge in [-0.15, -0.1) is 0 Å². The Hall–Kier alpha value is -3.02. The smallest absolute Gasteiger partial charge is 0.326 e. The lowest BCUT2D eigenvalue weighted by Gasteiger charge is -2.29. The number of benzene rings is 2. The van der Waals surface area contributed by atoms with E-state index in [2.05, 4.69) is 24.5 Å². The van der Waals surface area contributed by atoms with E-state index in [0.717, 1.165) is 0 Å². The number of amides is 3. The molecular formula is C19H23N3O3. The van der Waals surface area contributed by atoms with Crippen molar-refractivity contribution < 1.29 is 14.3 Å². The summed E-state index contributed by atoms with van der Waals surface area (Å²) < 4.78 is 5.07. The second-order valence-corrected chi connectivity index (χ2v) is 5.52. The van der Waals surface area contributed by atoms with E-state index >= 15 is 0 Å². The van der Waals surface area contributed by atoms with Crippen LogP contribution in [0.1, 0.15) is 20.3 Å². The Labute approximate surface area is 147 Å². The molecule has 132 valence electrons. The van der Waals surface area contributed by atoms with Crippen molar-refractivity contribution in [2.24, 2.45) is 0 Å². The quantitative estimate of drug-likeness (QED) is 0.864. The maximum atomic E-state index is 12.4. The number of carbonyl (C=O) groups excluding carboxylic acids is 2. The summed E-state index contributed by atoms with van der Waals surface area (Å²) >= 11 is 0. The van der Waals surface area contributed by atoms with Crippen LogP contribution in [0.15, 0.2) is 48.5 Å². The SMILES string of the molecule is CCC.COc1ccc(NC(=O)N2CC(=O)Nc3ccccc32)cc1. The van der Waals surface area contributed by atoms with Crippen molar-refractivity contribution in [1.82, 2.24) is 0 Å². The zero-order valence-corrected chi connectivity index (χ0v) is 14.7. The molecule has 25 heavy (non-hydrogen) atoms. The van der Waals surface area contributed by atoms with Gasteiger partial charge in [0.15, 0.2) is 0 Å². The van der Waals surface area contributed by atoms with Crippen LogP contribution in [0.25, 0.3) is 0 Å². The number of ether oxygens (including phenoxy) is 1. The van der Waals surface area contributed by atoms with Crippen LogP contribution in [0.2, 0.25) is 0 Å². The first-order valence-electron chi connectivity index (χ1n) is 8.20. The molecule has 3 rings (SSSR count). The zero-order valence-electron chi connectivity index (χ0n) is 14.7. The van der Waals surface area contributed by atoms with E-state index < -0.39 is 0 Å². The van der Waals surface area contributed by atoms with E-state index in [1.165, 1.54) is 11.3 Å². The lowest BCUT2D eigenvalue weighted by molar-refractivity contribution is -0.115. The van der Waals surface area contributed by atoms with Gasteiger partial charge >= 0.3 is 6.03 Å². The maximum absolute atomic E-state index is 12.4. The van der Waals surface area contributed by atoms with E-state index in [4.69, 9.17) is 4.74 Å². The summed E-state index contributed by atoms with van der Waals surface area (Å²) in [5.74, 6) is 0.490. The molecule has 6 heteroatoms. The predicted octanol–water partition coefficient (Wildman–Crippen LogP) is 4.10. The van der Waals surface area contributed by atoms with Crippen molar-refractivity contribution >= 4 is 29.0 Å². The number of hydrogen-bond donors (Lipinski definition) is 2. The molecule has 1 heterocycles. The molecule has 0 saturated heterocycles. The summed E-state index contributed by atoms with van der Waals surface area (Å²) in [5, 5.41) is 5.52. The van der Waals surface area contributed by atoms with Crippen molar-refractivity contribution in [1.29, 1.82) is 0 Å². The number of nitrogens with one attached hydrogen (secondary N) is 2. The van der Waals surface area contributed by atoms with E-state index in [1.807, 2.05) is 12.1 Å². The molecular weight excluding hydrogens is 318 g/mol. The van der Waals surface area contributed by atoms with E-state index in [-0.39, 0.29) is 18.5 Å². The van der Waals surface area contributed by atoms with Gasteiger partial charge in [0.2, 0.25) is 5.91 Å². The fourth-order valence-corrected chi connectivity index (χ4v) is 2.28. The minimum absolute atomic E-state index is 0.0149. The maximum Gasteiger partial charge on any atom is 0.326 e. The molecule has 0 radical (unpaired) electrons. The van der Waals surface area contributed by atoms with Crippen molar-refractivity contribution in [3.8, 4) is 5.75 Å². The van der Waals surface area contributed by atoms with Crippen molar-refractivity contribution in [2.75, 3.05) is 29.2 Å². The summed E-state index contributed by atoms with van der Waals surface area (Å²) in [6.45, 7) is 4.24. The van der Waals surface area contributed by atoms with Crippen molar-refractivity contribution in [3.63, 3.8) is 0 Å². The van der Waals surface area contributed by atoms with Crippen LogP contribution in [0, 0.1) is 0 Å². The number of methoxy groups -OCH3 is 1. The van der Waals surface area contributed by atoms with Gasteiger partial charge in [-0.05, 0) is 36.4 Å². The van der Waals surface area contributed by atoms with Gasteiger partial charge in [0.05, 0.1) is 18.5 Å². The van der Waals surface area contributed by atoms with E-state index in [9.17, 15) is 9.59 Å². The summed E-state index contributed by atoms with van der Waals surface area (Å²) in [4.78, 5) is 25.6. The van der Waals surface area contributed by atoms with Crippen molar-refractivity contribution in [3.05, 3.63) is 48.5 Å². The third-order valence-corrected chi connectivity index (χ3v) is 3.36. The third-order valence-electron chi connectivity index (χ3n) is 3.36. The highest BCUT2D eigenvalue weighted by Gasteiger charge is 2.26. The topological polar surface area (TPSA) is 70.7 Å². The first-order chi connectivity index (χ1) is 12.1. The number of anilines is 3. The van der Waals surface area contributed by atoms with Gasteiger partial charge in [-0.1, -0.05) is 32.4 Å². The molecule has 2 N–H and O–H groups in total. The molecule has 6 nitrogen and oxygen atoms in total. The number of carbonyl (C=O) groups is 2. The lowest BCUT2D eigenvalue weighted by atomic mass is 10.2. The van der Waals surface area contributed by atoms with Crippen LogP contribution in [0.5, 0.6) is 5.75 Å². The minimum atomic E-state index is -0.354. The van der Waals surface area contributed by atoms with Gasteiger partial charge < -0.3 is 15.4 Å². The first kappa shape index (κ1) is 18.3. The Morgan fingerprint density at radius 3 is 2.44 bits per heavy atom. The molecule has 0 aliphatic carbocycles. The van der Waals surface area contributed by atoms with Crippen LogP contribution >= 0.6 is 0 Å². The molecule has 1 aliphatic rings. The van der Waals surface area contributed by atoms with Gasteiger partial charge in [-0.2, -0.15) is 0 Å². The Bertz CT molecular complexity index is 729. The monoisotopic (exact) mass is 341 g/mol. The number of rotatable bonds is 2. The standard InChI is InChI=1S/C16H15N3O3.C3H8/c1-22-12-8-6-11(7-9-12)17-16(21)19-10-15(20)18-13-4-2-3-5-14(13)19;1-3-2/h2-9H,10H2,1H3,(H,17,21)(H,18,20);3H2,1-2H3. The van der Waals surface area contributed by atoms with Gasteiger partial charge in [0.1, 0.15) is 12.3 Å². The Morgan fingerprint density at radius 2 is 1.80 bits per heavy atom. The minimum Gasteiger partial charge on any atom is -0.497 e. The molecule has 3 amide bonds. The molecule has 0 bridgehead atoms. The Kier molecular flexibility index (Phi) is 6.39. The average molecular weight is 341 g/mol. The normalized spacial score (nSPS) is 12.3. The van der Waals surface area contributed by atoms with Crippen LogP contribution in [-0.4, -0.2) is 25.6 Å². The average Bonchev–Trinajstić information content (AvgIpc) is 2.62. The summed E-state index contributed by atoms with van der Waals surface area (Å²) in [7, 11) is 1.58. The Balaban J connectivity index is 0.000000701. The fourth-order valence-electron chi connectivity index (χ4n) is 2.28. The first-order valence-corrected chi connectivity index (χ1v) is 8.20. The van der Waals surface area contributed by atoms with Gasteiger partial charge in [0.25, 0.3) is 0 Å². The zero-order chi connectivity index (χ0) is 18.2. The number of nitrogens with zero attached hydrogens (tertiary/aromatic N) is 1. The number of urea groups is 1. The summed E-state index contributed by atoms with van der Waals surface area (Å²) in [5.41, 5.74) is 1.94. The van der Waals surface area contributed by atoms with Crippen LogP contribution in [0.3, 0.4) is 0 Å². The van der Waals surface area contributed by atoms with Crippen LogP contribution < -0.4 is 20.3 Å². The lowest BCUT2D eigenvalue weighted by Crippen LogP contribution is -2.44. The van der Waals surface area contributed by atoms with Gasteiger partial charge in [-0.3, -0.25) is 9.69 Å². The van der Waals surface area contributed by atoms with E-state index in [1.54, 1.807) is 43.5 Å². The predicted molar refractivity (Wildman–Crippen MR) is 100 cm³/mol. The van der Waals surface area contributed by atoms with Crippen LogP contribution in [-0.2, 0) is 4.79 Å². The fraction of sp³-hybridized carbons (Fsp3) is 0.263. The largest absolute Gasteiger partial charge is 0.497 e. The van der Waals surface area contributed by atoms with Crippen LogP contribution in [0.4, 0.5) is 21.9 Å². The molecule has 2 aromatic carbocycles. The third kappa shape index (κ3) is 4.73. The molecule has 0 atom stereocenters. The number of para-hydroxylation sites is 2. The van der Waals surface area contributed by atoms with Gasteiger partial charge in [-0.25, -0.2) is 4.79 Å². The second kappa shape index (κ2) is 8.73. The van der Waals surface area contributed by atoms with Crippen molar-refractivity contribution in [2.45, 2.75) is 20.3 Å². The highest BCUT2D eigenvalue weighted by atomic mass is 16.5. The summed E-state index contributed by atoms with van der Waals surface area (Å²) in [6.07, 6.45) is 1.25. The molecule has 0 saturated carbocycles.